The van der Waals surface area contributed by atoms with Gasteiger partial charge in [-0.25, -0.2) is 4.79 Å². The Morgan fingerprint density at radius 1 is 1.36 bits per heavy atom. The summed E-state index contributed by atoms with van der Waals surface area (Å²) in [6.45, 7) is 5.47. The van der Waals surface area contributed by atoms with Crippen LogP contribution in [-0.2, 0) is 9.53 Å². The van der Waals surface area contributed by atoms with Gasteiger partial charge < -0.3 is 15.0 Å². The van der Waals surface area contributed by atoms with Gasteiger partial charge in [0.05, 0.1) is 19.3 Å². The van der Waals surface area contributed by atoms with Crippen molar-refractivity contribution in [1.29, 1.82) is 0 Å². The van der Waals surface area contributed by atoms with E-state index in [-0.39, 0.29) is 11.8 Å². The Morgan fingerprint density at radius 2 is 1.93 bits per heavy atom. The molecule has 1 atom stereocenters. The van der Waals surface area contributed by atoms with Crippen molar-refractivity contribution in [3.05, 3.63) is 0 Å². The minimum Gasteiger partial charge on any atom is -0.378 e. The molecule has 1 aliphatic rings. The SMILES string of the molecule is CC(=O)C(C)NC(=O)N1CCOCC1. The second-order valence-corrected chi connectivity index (χ2v) is 3.38. The predicted octanol–water partition coefficient (Wildman–Crippen LogP) is 0.00570. The lowest BCUT2D eigenvalue weighted by Crippen LogP contribution is -2.50. The summed E-state index contributed by atoms with van der Waals surface area (Å²) in [4.78, 5) is 24.1. The lowest BCUT2D eigenvalue weighted by Gasteiger charge is -2.27. The number of morpholine rings is 1. The Hall–Kier alpha value is -1.10. The summed E-state index contributed by atoms with van der Waals surface area (Å²) in [5.41, 5.74) is 0. The number of carbonyl (C=O) groups is 2. The Bertz CT molecular complexity index is 224. The van der Waals surface area contributed by atoms with Crippen LogP contribution in [0, 0.1) is 0 Å². The van der Waals surface area contributed by atoms with E-state index in [1.807, 2.05) is 0 Å². The minimum absolute atomic E-state index is 0.0355. The van der Waals surface area contributed by atoms with Gasteiger partial charge in [0, 0.05) is 13.1 Å². The topological polar surface area (TPSA) is 58.6 Å². The number of urea groups is 1. The number of hydrogen-bond donors (Lipinski definition) is 1. The van der Waals surface area contributed by atoms with E-state index >= 15 is 0 Å². The number of rotatable bonds is 2. The van der Waals surface area contributed by atoms with E-state index in [1.54, 1.807) is 11.8 Å². The Labute approximate surface area is 83.4 Å². The number of Topliss-reactive ketones (excluding diaryl/α,β-unsaturated/α-hetero) is 1. The second-order valence-electron chi connectivity index (χ2n) is 3.38. The molecular weight excluding hydrogens is 184 g/mol. The summed E-state index contributed by atoms with van der Waals surface area (Å²) in [6.07, 6.45) is 0. The van der Waals surface area contributed by atoms with Crippen LogP contribution in [0.5, 0.6) is 0 Å². The minimum atomic E-state index is -0.412. The molecule has 1 rings (SSSR count). The third-order valence-corrected chi connectivity index (χ3v) is 2.25. The fraction of sp³-hybridized carbons (Fsp3) is 0.778. The third-order valence-electron chi connectivity index (χ3n) is 2.25. The summed E-state index contributed by atoms with van der Waals surface area (Å²) in [6, 6.07) is -0.596. The van der Waals surface area contributed by atoms with Gasteiger partial charge in [0.2, 0.25) is 0 Å². The zero-order valence-corrected chi connectivity index (χ0v) is 8.58. The summed E-state index contributed by atoms with van der Waals surface area (Å²) < 4.78 is 5.11. The molecule has 0 aromatic rings. The van der Waals surface area contributed by atoms with Gasteiger partial charge in [0.15, 0.2) is 5.78 Å². The molecule has 1 aliphatic heterocycles. The van der Waals surface area contributed by atoms with Crippen LogP contribution in [0.4, 0.5) is 4.79 Å². The second kappa shape index (κ2) is 4.95. The molecule has 2 amide bonds. The van der Waals surface area contributed by atoms with E-state index in [9.17, 15) is 9.59 Å². The van der Waals surface area contributed by atoms with Gasteiger partial charge in [-0.05, 0) is 13.8 Å². The monoisotopic (exact) mass is 200 g/mol. The molecule has 1 saturated heterocycles. The van der Waals surface area contributed by atoms with Gasteiger partial charge in [0.1, 0.15) is 0 Å². The average molecular weight is 200 g/mol. The van der Waals surface area contributed by atoms with Crippen molar-refractivity contribution in [2.75, 3.05) is 26.3 Å². The van der Waals surface area contributed by atoms with Gasteiger partial charge >= 0.3 is 6.03 Å². The predicted molar refractivity (Wildman–Crippen MR) is 51.1 cm³/mol. The quantitative estimate of drug-likeness (QED) is 0.683. The normalized spacial score (nSPS) is 18.9. The fourth-order valence-corrected chi connectivity index (χ4v) is 1.14. The van der Waals surface area contributed by atoms with E-state index in [4.69, 9.17) is 4.74 Å². The molecule has 0 aliphatic carbocycles. The molecule has 0 bridgehead atoms. The fourth-order valence-electron chi connectivity index (χ4n) is 1.14. The molecular formula is C9H16N2O3. The van der Waals surface area contributed by atoms with E-state index in [2.05, 4.69) is 5.32 Å². The number of hydrogen-bond acceptors (Lipinski definition) is 3. The van der Waals surface area contributed by atoms with Crippen molar-refractivity contribution >= 4 is 11.8 Å². The van der Waals surface area contributed by atoms with Crippen molar-refractivity contribution in [2.45, 2.75) is 19.9 Å². The Kier molecular flexibility index (Phi) is 3.88. The van der Waals surface area contributed by atoms with Crippen LogP contribution in [0.15, 0.2) is 0 Å². The molecule has 1 fully saturated rings. The van der Waals surface area contributed by atoms with E-state index in [0.29, 0.717) is 26.3 Å². The van der Waals surface area contributed by atoms with Crippen molar-refractivity contribution < 1.29 is 14.3 Å². The standard InChI is InChI=1S/C9H16N2O3/c1-7(8(2)12)10-9(13)11-3-5-14-6-4-11/h7H,3-6H2,1-2H3,(H,10,13). The number of ether oxygens (including phenoxy) is 1. The lowest BCUT2D eigenvalue weighted by molar-refractivity contribution is -0.118. The van der Waals surface area contributed by atoms with E-state index in [1.165, 1.54) is 6.92 Å². The highest BCUT2D eigenvalue weighted by molar-refractivity contribution is 5.86. The molecule has 5 heteroatoms. The highest BCUT2D eigenvalue weighted by atomic mass is 16.5. The smallest absolute Gasteiger partial charge is 0.318 e. The first-order chi connectivity index (χ1) is 6.61. The average Bonchev–Trinajstić information content (AvgIpc) is 2.19. The van der Waals surface area contributed by atoms with Crippen LogP contribution in [0.3, 0.4) is 0 Å². The number of ketones is 1. The Morgan fingerprint density at radius 3 is 2.43 bits per heavy atom. The maximum Gasteiger partial charge on any atom is 0.318 e. The van der Waals surface area contributed by atoms with Crippen LogP contribution in [0.25, 0.3) is 0 Å². The number of carbonyl (C=O) groups excluding carboxylic acids is 2. The summed E-state index contributed by atoms with van der Waals surface area (Å²) in [5.74, 6) is -0.0355. The Balaban J connectivity index is 2.36. The van der Waals surface area contributed by atoms with Crippen LogP contribution >= 0.6 is 0 Å². The molecule has 1 heterocycles. The maximum absolute atomic E-state index is 11.5. The van der Waals surface area contributed by atoms with Gasteiger partial charge in [-0.15, -0.1) is 0 Å². The summed E-state index contributed by atoms with van der Waals surface area (Å²) >= 11 is 0. The lowest BCUT2D eigenvalue weighted by atomic mass is 10.2. The highest BCUT2D eigenvalue weighted by Crippen LogP contribution is 1.97. The number of amides is 2. The van der Waals surface area contributed by atoms with Crippen LogP contribution in [-0.4, -0.2) is 49.1 Å². The molecule has 0 aromatic carbocycles. The van der Waals surface area contributed by atoms with Gasteiger partial charge in [0.25, 0.3) is 0 Å². The van der Waals surface area contributed by atoms with Gasteiger partial charge in [-0.1, -0.05) is 0 Å². The van der Waals surface area contributed by atoms with Crippen molar-refractivity contribution in [3.63, 3.8) is 0 Å². The third kappa shape index (κ3) is 2.99. The van der Waals surface area contributed by atoms with E-state index in [0.717, 1.165) is 0 Å². The molecule has 0 radical (unpaired) electrons. The molecule has 80 valence electrons. The zero-order chi connectivity index (χ0) is 10.6. The largest absolute Gasteiger partial charge is 0.378 e. The van der Waals surface area contributed by atoms with Crippen LogP contribution in [0.1, 0.15) is 13.8 Å². The molecule has 14 heavy (non-hydrogen) atoms. The first-order valence-corrected chi connectivity index (χ1v) is 4.75. The number of nitrogens with zero attached hydrogens (tertiary/aromatic N) is 1. The maximum atomic E-state index is 11.5. The summed E-state index contributed by atoms with van der Waals surface area (Å²) in [7, 11) is 0. The van der Waals surface area contributed by atoms with Gasteiger partial charge in [-0.2, -0.15) is 0 Å². The van der Waals surface area contributed by atoms with Crippen molar-refractivity contribution in [2.24, 2.45) is 0 Å². The first kappa shape index (κ1) is 11.0. The molecule has 0 aromatic heterocycles. The van der Waals surface area contributed by atoms with Crippen LogP contribution in [0.2, 0.25) is 0 Å². The molecule has 1 unspecified atom stereocenters. The molecule has 5 nitrogen and oxygen atoms in total. The van der Waals surface area contributed by atoms with Gasteiger partial charge in [-0.3, -0.25) is 4.79 Å². The highest BCUT2D eigenvalue weighted by Gasteiger charge is 2.19. The molecule has 0 saturated carbocycles. The van der Waals surface area contributed by atoms with Crippen LogP contribution < -0.4 is 5.32 Å². The molecule has 0 spiro atoms. The first-order valence-electron chi connectivity index (χ1n) is 4.75. The summed E-state index contributed by atoms with van der Waals surface area (Å²) in [5, 5.41) is 2.63. The van der Waals surface area contributed by atoms with E-state index < -0.39 is 6.04 Å². The van der Waals surface area contributed by atoms with Crippen molar-refractivity contribution in [3.8, 4) is 0 Å². The zero-order valence-electron chi connectivity index (χ0n) is 8.58. The molecule has 1 N–H and O–H groups in total. The van der Waals surface area contributed by atoms with Crippen molar-refractivity contribution in [1.82, 2.24) is 10.2 Å². The number of nitrogens with one attached hydrogen (secondary N) is 1.